The summed E-state index contributed by atoms with van der Waals surface area (Å²) < 4.78 is 18.7. The first-order valence-corrected chi connectivity index (χ1v) is 8.88. The van der Waals surface area contributed by atoms with Gasteiger partial charge in [-0.2, -0.15) is 0 Å². The highest BCUT2D eigenvalue weighted by atomic mass is 35.5. The zero-order chi connectivity index (χ0) is 19.7. The van der Waals surface area contributed by atoms with Crippen molar-refractivity contribution in [1.29, 1.82) is 0 Å². The normalized spacial score (nSPS) is 14.3. The maximum Gasteiger partial charge on any atom is 0.293 e. The van der Waals surface area contributed by atoms with Crippen LogP contribution < -0.4 is 10.2 Å². The van der Waals surface area contributed by atoms with Crippen molar-refractivity contribution in [2.24, 2.45) is 0 Å². The second-order valence-corrected chi connectivity index (χ2v) is 6.60. The molecule has 8 nitrogen and oxygen atoms in total. The summed E-state index contributed by atoms with van der Waals surface area (Å²) in [5.41, 5.74) is 1.52. The number of benzene rings is 2. The average Bonchev–Trinajstić information content (AvgIpc) is 2.70. The minimum atomic E-state index is -0.537. The van der Waals surface area contributed by atoms with Gasteiger partial charge in [-0.25, -0.2) is 14.4 Å². The number of ether oxygens (including phenoxy) is 1. The third-order valence-corrected chi connectivity index (χ3v) is 4.75. The van der Waals surface area contributed by atoms with Gasteiger partial charge >= 0.3 is 0 Å². The molecule has 4 rings (SSSR count). The van der Waals surface area contributed by atoms with E-state index in [9.17, 15) is 14.5 Å². The number of aromatic nitrogens is 2. The quantitative estimate of drug-likeness (QED) is 0.521. The summed E-state index contributed by atoms with van der Waals surface area (Å²) in [4.78, 5) is 21.6. The topological polar surface area (TPSA) is 93.4 Å². The Kier molecular flexibility index (Phi) is 4.93. The molecule has 0 amide bonds. The molecule has 2 heterocycles. The van der Waals surface area contributed by atoms with Gasteiger partial charge < -0.3 is 15.0 Å². The summed E-state index contributed by atoms with van der Waals surface area (Å²) in [5.74, 6) is -0.171. The van der Waals surface area contributed by atoms with Crippen molar-refractivity contribution in [3.63, 3.8) is 0 Å². The maximum absolute atomic E-state index is 13.4. The van der Waals surface area contributed by atoms with Gasteiger partial charge in [0.2, 0.25) is 0 Å². The second-order valence-electron chi connectivity index (χ2n) is 6.19. The highest BCUT2D eigenvalue weighted by Crippen LogP contribution is 2.35. The first-order chi connectivity index (χ1) is 13.5. The molecular weight excluding hydrogens is 389 g/mol. The van der Waals surface area contributed by atoms with Crippen molar-refractivity contribution in [3.05, 3.63) is 57.6 Å². The van der Waals surface area contributed by atoms with E-state index in [0.29, 0.717) is 54.4 Å². The number of nitro groups is 1. The van der Waals surface area contributed by atoms with Gasteiger partial charge in [0.1, 0.15) is 23.6 Å². The van der Waals surface area contributed by atoms with E-state index in [4.69, 9.17) is 16.3 Å². The lowest BCUT2D eigenvalue weighted by Crippen LogP contribution is -2.36. The van der Waals surface area contributed by atoms with E-state index in [1.165, 1.54) is 30.6 Å². The van der Waals surface area contributed by atoms with Crippen LogP contribution in [0.2, 0.25) is 5.02 Å². The monoisotopic (exact) mass is 403 g/mol. The smallest absolute Gasteiger partial charge is 0.293 e. The predicted octanol–water partition coefficient (Wildman–Crippen LogP) is 3.91. The molecule has 1 N–H and O–H groups in total. The lowest BCUT2D eigenvalue weighted by Gasteiger charge is -2.28. The third kappa shape index (κ3) is 3.54. The van der Waals surface area contributed by atoms with Crippen molar-refractivity contribution in [1.82, 2.24) is 9.97 Å². The Labute approximate surface area is 164 Å². The van der Waals surface area contributed by atoms with Gasteiger partial charge in [0.25, 0.3) is 5.69 Å². The Morgan fingerprint density at radius 3 is 2.71 bits per heavy atom. The molecule has 0 radical (unpaired) electrons. The fourth-order valence-corrected chi connectivity index (χ4v) is 3.28. The van der Waals surface area contributed by atoms with Crippen LogP contribution in [0.3, 0.4) is 0 Å². The summed E-state index contributed by atoms with van der Waals surface area (Å²) in [6, 6.07) is 7.29. The number of morpholine rings is 1. The van der Waals surface area contributed by atoms with Crippen LogP contribution in [0.25, 0.3) is 10.9 Å². The molecule has 0 spiro atoms. The molecule has 1 fully saturated rings. The number of anilines is 3. The summed E-state index contributed by atoms with van der Waals surface area (Å²) in [5, 5.41) is 15.1. The molecule has 3 aromatic rings. The molecule has 0 aliphatic carbocycles. The van der Waals surface area contributed by atoms with E-state index in [2.05, 4.69) is 15.3 Å². The Morgan fingerprint density at radius 2 is 2.00 bits per heavy atom. The lowest BCUT2D eigenvalue weighted by atomic mass is 10.1. The number of nitrogens with one attached hydrogen (secondary N) is 1. The van der Waals surface area contributed by atoms with Crippen molar-refractivity contribution in [2.75, 3.05) is 36.5 Å². The molecule has 1 aromatic heterocycles. The Hall–Kier alpha value is -3.04. The minimum absolute atomic E-state index is 0.0376. The predicted molar refractivity (Wildman–Crippen MR) is 104 cm³/mol. The molecule has 144 valence electrons. The summed E-state index contributed by atoms with van der Waals surface area (Å²) in [7, 11) is 0. The van der Waals surface area contributed by atoms with Crippen molar-refractivity contribution in [2.45, 2.75) is 0 Å². The van der Waals surface area contributed by atoms with Gasteiger partial charge in [0.15, 0.2) is 0 Å². The maximum atomic E-state index is 13.4. The standard InChI is InChI=1S/C18H15ClFN5O3/c19-13-7-11(1-2-14(13)20)23-18-12-8-17(25(26)27)16(9-15(12)21-10-22-18)24-3-5-28-6-4-24/h1-2,7-10H,3-6H2,(H,21,22,23). The van der Waals surface area contributed by atoms with Gasteiger partial charge in [0, 0.05) is 30.2 Å². The molecule has 0 unspecified atom stereocenters. The van der Waals surface area contributed by atoms with E-state index in [0.717, 1.165) is 0 Å². The molecule has 10 heteroatoms. The van der Waals surface area contributed by atoms with Gasteiger partial charge in [-0.3, -0.25) is 10.1 Å². The van der Waals surface area contributed by atoms with Gasteiger partial charge in [-0.1, -0.05) is 11.6 Å². The zero-order valence-corrected chi connectivity index (χ0v) is 15.3. The fourth-order valence-electron chi connectivity index (χ4n) is 3.09. The average molecular weight is 404 g/mol. The number of nitro benzene ring substituents is 1. The molecule has 28 heavy (non-hydrogen) atoms. The number of halogens is 2. The Balaban J connectivity index is 1.79. The van der Waals surface area contributed by atoms with Gasteiger partial charge in [-0.05, 0) is 24.3 Å². The van der Waals surface area contributed by atoms with Crippen LogP contribution >= 0.6 is 11.6 Å². The van der Waals surface area contributed by atoms with E-state index in [-0.39, 0.29) is 10.7 Å². The second kappa shape index (κ2) is 7.53. The molecule has 1 aliphatic heterocycles. The number of hydrogen-bond donors (Lipinski definition) is 1. The van der Waals surface area contributed by atoms with Crippen LogP contribution in [-0.4, -0.2) is 41.2 Å². The largest absolute Gasteiger partial charge is 0.378 e. The Morgan fingerprint density at radius 1 is 1.21 bits per heavy atom. The van der Waals surface area contributed by atoms with Crippen LogP contribution in [0.4, 0.5) is 27.3 Å². The van der Waals surface area contributed by atoms with Gasteiger partial charge in [0.05, 0.1) is 28.7 Å². The lowest BCUT2D eigenvalue weighted by molar-refractivity contribution is -0.384. The highest BCUT2D eigenvalue weighted by Gasteiger charge is 2.24. The zero-order valence-electron chi connectivity index (χ0n) is 14.6. The molecule has 2 aromatic carbocycles. The van der Waals surface area contributed by atoms with Crippen molar-refractivity contribution >= 4 is 45.4 Å². The first kappa shape index (κ1) is 18.3. The van der Waals surface area contributed by atoms with E-state index in [1.807, 2.05) is 4.90 Å². The summed E-state index contributed by atoms with van der Waals surface area (Å²) >= 11 is 5.82. The van der Waals surface area contributed by atoms with Crippen molar-refractivity contribution in [3.8, 4) is 0 Å². The SMILES string of the molecule is O=[N+]([O-])c1cc2c(Nc3ccc(F)c(Cl)c3)ncnc2cc1N1CCOCC1. The highest BCUT2D eigenvalue weighted by molar-refractivity contribution is 6.31. The molecule has 0 atom stereocenters. The molecule has 0 saturated carbocycles. The van der Waals surface area contributed by atoms with Gasteiger partial charge in [-0.15, -0.1) is 0 Å². The Bertz CT molecular complexity index is 1060. The summed E-state index contributed by atoms with van der Waals surface area (Å²) in [6.45, 7) is 2.15. The van der Waals surface area contributed by atoms with Crippen molar-refractivity contribution < 1.29 is 14.1 Å². The van der Waals surface area contributed by atoms with E-state index >= 15 is 0 Å². The van der Waals surface area contributed by atoms with Crippen LogP contribution in [0.1, 0.15) is 0 Å². The molecule has 0 bridgehead atoms. The number of nitrogens with zero attached hydrogens (tertiary/aromatic N) is 4. The van der Waals surface area contributed by atoms with E-state index in [1.54, 1.807) is 6.07 Å². The third-order valence-electron chi connectivity index (χ3n) is 4.46. The summed E-state index contributed by atoms with van der Waals surface area (Å²) in [6.07, 6.45) is 1.37. The van der Waals surface area contributed by atoms with Crippen LogP contribution in [-0.2, 0) is 4.74 Å². The number of fused-ring (bicyclic) bond motifs is 1. The van der Waals surface area contributed by atoms with Crippen LogP contribution in [0.5, 0.6) is 0 Å². The fraction of sp³-hybridized carbons (Fsp3) is 0.222. The number of hydrogen-bond acceptors (Lipinski definition) is 7. The number of rotatable bonds is 4. The van der Waals surface area contributed by atoms with Crippen LogP contribution in [0.15, 0.2) is 36.7 Å². The molecule has 1 saturated heterocycles. The first-order valence-electron chi connectivity index (χ1n) is 8.51. The van der Waals surface area contributed by atoms with E-state index < -0.39 is 10.7 Å². The van der Waals surface area contributed by atoms with Crippen LogP contribution in [0, 0.1) is 15.9 Å². The molecule has 1 aliphatic rings. The minimum Gasteiger partial charge on any atom is -0.378 e. The molecular formula is C18H15ClFN5O3.